The van der Waals surface area contributed by atoms with Gasteiger partial charge in [0.05, 0.1) is 12.5 Å². The number of hydrogen-bond acceptors (Lipinski definition) is 2. The lowest BCUT2D eigenvalue weighted by molar-refractivity contribution is -0.718. The fraction of sp³-hybridized carbons (Fsp3) is 0.500. The maximum Gasteiger partial charge on any atom is 0.279 e. The molecule has 23 heavy (non-hydrogen) atoms. The molecule has 4 N–H and O–H groups in total. The number of fused-ring (bicyclic) bond motifs is 1. The Morgan fingerprint density at radius 1 is 1.22 bits per heavy atom. The van der Waals surface area contributed by atoms with E-state index in [1.54, 1.807) is 18.2 Å². The fourth-order valence-corrected chi connectivity index (χ4v) is 3.97. The molecule has 2 amide bonds. The van der Waals surface area contributed by atoms with Crippen LogP contribution in [0.2, 0.25) is 10.0 Å². The number of anilines is 1. The van der Waals surface area contributed by atoms with Crippen LogP contribution >= 0.6 is 23.2 Å². The van der Waals surface area contributed by atoms with Crippen molar-refractivity contribution in [2.75, 3.05) is 5.32 Å². The summed E-state index contributed by atoms with van der Waals surface area (Å²) in [6.07, 6.45) is 4.61. The molecule has 1 saturated heterocycles. The first-order valence-electron chi connectivity index (χ1n) is 7.92. The summed E-state index contributed by atoms with van der Waals surface area (Å²) in [4.78, 5) is 24.4. The van der Waals surface area contributed by atoms with E-state index in [-0.39, 0.29) is 30.3 Å². The summed E-state index contributed by atoms with van der Waals surface area (Å²) in [5.41, 5.74) is 0.541. The topological polar surface area (TPSA) is 74.8 Å². The number of piperazine rings is 1. The number of quaternary nitrogens is 1. The molecule has 0 unspecified atom stereocenters. The molecule has 3 atom stereocenters. The Morgan fingerprint density at radius 2 is 1.91 bits per heavy atom. The van der Waals surface area contributed by atoms with E-state index in [2.05, 4.69) is 16.0 Å². The number of nitrogens with one attached hydrogen (secondary N) is 2. The lowest BCUT2D eigenvalue weighted by Crippen LogP contribution is -3.03. The maximum atomic E-state index is 12.2. The van der Waals surface area contributed by atoms with E-state index < -0.39 is 0 Å². The summed E-state index contributed by atoms with van der Waals surface area (Å²) in [6, 6.07) is 5.14. The summed E-state index contributed by atoms with van der Waals surface area (Å²) in [5.74, 6) is -0.263. The van der Waals surface area contributed by atoms with Gasteiger partial charge in [-0.05, 0) is 31.0 Å². The Labute approximate surface area is 145 Å². The summed E-state index contributed by atoms with van der Waals surface area (Å²) in [6.45, 7) is 0. The van der Waals surface area contributed by atoms with Crippen LogP contribution in [0.15, 0.2) is 18.2 Å². The Hall–Kier alpha value is -1.30. The Bertz CT molecular complexity index is 603. The van der Waals surface area contributed by atoms with Crippen molar-refractivity contribution in [3.8, 4) is 0 Å². The van der Waals surface area contributed by atoms with Crippen molar-refractivity contribution >= 4 is 40.7 Å². The first-order chi connectivity index (χ1) is 11.0. The molecule has 0 radical (unpaired) electrons. The maximum absolute atomic E-state index is 12.2. The number of amides is 2. The molecule has 124 valence electrons. The summed E-state index contributed by atoms with van der Waals surface area (Å²) in [5, 5.41) is 8.80. The lowest BCUT2D eigenvalue weighted by Gasteiger charge is -2.37. The van der Waals surface area contributed by atoms with E-state index in [4.69, 9.17) is 23.2 Å². The molecule has 2 aliphatic rings. The molecule has 0 bridgehead atoms. The second-order valence-corrected chi connectivity index (χ2v) is 7.15. The molecule has 7 heteroatoms. The highest BCUT2D eigenvalue weighted by atomic mass is 35.5. The minimum absolute atomic E-state index is 0.0487. The molecular formula is C16H20Cl2N3O2+. The smallest absolute Gasteiger partial charge is 0.279 e. The minimum Gasteiger partial charge on any atom is -0.342 e. The van der Waals surface area contributed by atoms with Crippen molar-refractivity contribution < 1.29 is 14.9 Å². The number of hydrogen-bond donors (Lipinski definition) is 3. The average Bonchev–Trinajstić information content (AvgIpc) is 2.46. The highest BCUT2D eigenvalue weighted by Gasteiger charge is 2.40. The summed E-state index contributed by atoms with van der Waals surface area (Å²) in [7, 11) is 0. The quantitative estimate of drug-likeness (QED) is 0.770. The molecule has 2 fully saturated rings. The van der Waals surface area contributed by atoms with E-state index >= 15 is 0 Å². The van der Waals surface area contributed by atoms with E-state index in [9.17, 15) is 9.59 Å². The van der Waals surface area contributed by atoms with Gasteiger partial charge in [-0.25, -0.2) is 0 Å². The van der Waals surface area contributed by atoms with Crippen molar-refractivity contribution in [1.29, 1.82) is 0 Å². The van der Waals surface area contributed by atoms with Crippen molar-refractivity contribution in [3.63, 3.8) is 0 Å². The van der Waals surface area contributed by atoms with E-state index in [0.29, 0.717) is 21.8 Å². The minimum atomic E-state index is -0.371. The van der Waals surface area contributed by atoms with Gasteiger partial charge in [0, 0.05) is 22.2 Å². The SMILES string of the molecule is O=C(C[C@H]1[NH2+][C@H]2CCCC[C@H]2NC1=O)Nc1cc(Cl)cc(Cl)c1. The normalized spacial score (nSPS) is 27.0. The van der Waals surface area contributed by atoms with Crippen LogP contribution in [0.1, 0.15) is 32.1 Å². The second kappa shape index (κ2) is 7.07. The number of carbonyl (C=O) groups is 2. The number of nitrogens with two attached hydrogens (primary N) is 1. The van der Waals surface area contributed by atoms with Gasteiger partial charge in [-0.3, -0.25) is 9.59 Å². The van der Waals surface area contributed by atoms with Gasteiger partial charge < -0.3 is 16.0 Å². The van der Waals surface area contributed by atoms with Crippen LogP contribution in [0.5, 0.6) is 0 Å². The zero-order valence-corrected chi connectivity index (χ0v) is 14.2. The molecule has 0 spiro atoms. The third-order valence-corrected chi connectivity index (χ3v) is 4.95. The van der Waals surface area contributed by atoms with Gasteiger partial charge in [0.2, 0.25) is 5.91 Å². The van der Waals surface area contributed by atoms with Crippen molar-refractivity contribution in [3.05, 3.63) is 28.2 Å². The second-order valence-electron chi connectivity index (χ2n) is 6.27. The summed E-state index contributed by atoms with van der Waals surface area (Å²) < 4.78 is 0. The third kappa shape index (κ3) is 4.16. The van der Waals surface area contributed by atoms with Gasteiger partial charge >= 0.3 is 0 Å². The van der Waals surface area contributed by atoms with Crippen LogP contribution in [0, 0.1) is 0 Å². The molecule has 1 heterocycles. The fourth-order valence-electron chi connectivity index (χ4n) is 3.44. The van der Waals surface area contributed by atoms with Gasteiger partial charge in [-0.2, -0.15) is 0 Å². The van der Waals surface area contributed by atoms with E-state index in [1.165, 1.54) is 6.42 Å². The zero-order chi connectivity index (χ0) is 16.4. The van der Waals surface area contributed by atoms with E-state index in [1.807, 2.05) is 0 Å². The molecule has 1 aromatic rings. The number of carbonyl (C=O) groups excluding carboxylic acids is 2. The standard InChI is InChI=1S/C16H19Cl2N3O2/c17-9-5-10(18)7-11(6-9)19-15(22)8-14-16(23)21-13-4-2-1-3-12(13)20-14/h5-7,12-14,20H,1-4,8H2,(H,19,22)(H,21,23)/p+1/t12-,13+,14+/m0/s1. The van der Waals surface area contributed by atoms with Gasteiger partial charge in [0.25, 0.3) is 5.91 Å². The Morgan fingerprint density at radius 3 is 2.65 bits per heavy atom. The highest BCUT2D eigenvalue weighted by molar-refractivity contribution is 6.35. The molecule has 1 aliphatic carbocycles. The third-order valence-electron chi connectivity index (χ3n) is 4.51. The number of halogens is 2. The van der Waals surface area contributed by atoms with Crippen LogP contribution in [0.25, 0.3) is 0 Å². The number of benzene rings is 1. The largest absolute Gasteiger partial charge is 0.342 e. The molecular weight excluding hydrogens is 337 g/mol. The van der Waals surface area contributed by atoms with Crippen LogP contribution < -0.4 is 16.0 Å². The van der Waals surface area contributed by atoms with E-state index in [0.717, 1.165) is 19.3 Å². The predicted molar refractivity (Wildman–Crippen MR) is 89.6 cm³/mol. The van der Waals surface area contributed by atoms with Crippen LogP contribution in [-0.4, -0.2) is 29.9 Å². The van der Waals surface area contributed by atoms with Crippen molar-refractivity contribution in [2.24, 2.45) is 0 Å². The first kappa shape index (κ1) is 16.6. The molecule has 1 aliphatic heterocycles. The Balaban J connectivity index is 1.59. The van der Waals surface area contributed by atoms with Gasteiger partial charge in [0.15, 0.2) is 6.04 Å². The first-order valence-corrected chi connectivity index (χ1v) is 8.68. The Kier molecular flexibility index (Phi) is 5.09. The van der Waals surface area contributed by atoms with Crippen LogP contribution in [0.4, 0.5) is 5.69 Å². The molecule has 1 saturated carbocycles. The predicted octanol–water partition coefficient (Wildman–Crippen LogP) is 1.69. The number of rotatable bonds is 3. The van der Waals surface area contributed by atoms with Crippen LogP contribution in [-0.2, 0) is 9.59 Å². The average molecular weight is 357 g/mol. The molecule has 5 nitrogen and oxygen atoms in total. The zero-order valence-electron chi connectivity index (χ0n) is 12.6. The molecule has 0 aromatic heterocycles. The summed E-state index contributed by atoms with van der Waals surface area (Å²) >= 11 is 11.8. The monoisotopic (exact) mass is 356 g/mol. The van der Waals surface area contributed by atoms with Gasteiger partial charge in [-0.1, -0.05) is 29.6 Å². The van der Waals surface area contributed by atoms with Gasteiger partial charge in [0.1, 0.15) is 6.04 Å². The van der Waals surface area contributed by atoms with Crippen molar-refractivity contribution in [1.82, 2.24) is 5.32 Å². The highest BCUT2D eigenvalue weighted by Crippen LogP contribution is 2.23. The van der Waals surface area contributed by atoms with Gasteiger partial charge in [-0.15, -0.1) is 0 Å². The molecule has 1 aromatic carbocycles. The van der Waals surface area contributed by atoms with Crippen LogP contribution in [0.3, 0.4) is 0 Å². The lowest BCUT2D eigenvalue weighted by atomic mass is 9.87. The molecule has 3 rings (SSSR count). The van der Waals surface area contributed by atoms with Crippen molar-refractivity contribution in [2.45, 2.75) is 50.2 Å².